The summed E-state index contributed by atoms with van der Waals surface area (Å²) in [5, 5.41) is 2.88. The maximum Gasteiger partial charge on any atom is 0.573 e. The number of sulfonamides is 1. The maximum atomic E-state index is 14.3. The molecule has 310 valence electrons. The van der Waals surface area contributed by atoms with Crippen LogP contribution in [-0.2, 0) is 26.1 Å². The van der Waals surface area contributed by atoms with E-state index >= 15 is 0 Å². The van der Waals surface area contributed by atoms with Gasteiger partial charge in [0.05, 0.1) is 17.2 Å². The number of carbonyl (C=O) groups is 2. The molecule has 3 heterocycles. The molecule has 0 unspecified atom stereocenters. The maximum absolute atomic E-state index is 14.3. The summed E-state index contributed by atoms with van der Waals surface area (Å²) in [6.45, 7) is 7.60. The first-order valence-electron chi connectivity index (χ1n) is 19.6. The Bertz CT molecular complexity index is 1910. The summed E-state index contributed by atoms with van der Waals surface area (Å²) in [5.74, 6) is 0.468. The number of halogens is 3. The summed E-state index contributed by atoms with van der Waals surface area (Å²) < 4.78 is 83.0. The molecule has 57 heavy (non-hydrogen) atoms. The van der Waals surface area contributed by atoms with Crippen molar-refractivity contribution in [2.24, 2.45) is 5.92 Å². The topological polar surface area (TPSA) is 131 Å². The molecule has 2 aliphatic heterocycles. The Balaban J connectivity index is 1.14. The first-order chi connectivity index (χ1) is 27.0. The smallest absolute Gasteiger partial charge is 0.493 e. The molecule has 1 N–H and O–H groups in total. The molecule has 1 aliphatic carbocycles. The van der Waals surface area contributed by atoms with Gasteiger partial charge in [0.25, 0.3) is 0 Å². The molecule has 1 saturated carbocycles. The fourth-order valence-corrected chi connectivity index (χ4v) is 9.13. The van der Waals surface area contributed by atoms with Crippen molar-refractivity contribution in [3.63, 3.8) is 0 Å². The predicted molar refractivity (Wildman–Crippen MR) is 207 cm³/mol. The lowest BCUT2D eigenvalue weighted by Gasteiger charge is -2.42. The van der Waals surface area contributed by atoms with E-state index in [1.165, 1.54) is 60.0 Å². The number of ether oxygens (including phenoxy) is 3. The van der Waals surface area contributed by atoms with Crippen LogP contribution >= 0.6 is 0 Å². The number of hydrogen-bond acceptors (Lipinski definition) is 9. The molecule has 3 aliphatic rings. The minimum atomic E-state index is -4.78. The molecule has 16 heteroatoms. The molecule has 0 radical (unpaired) electrons. The second kappa shape index (κ2) is 18.0. The third kappa shape index (κ3) is 11.8. The van der Waals surface area contributed by atoms with E-state index in [9.17, 15) is 31.2 Å². The van der Waals surface area contributed by atoms with E-state index in [-0.39, 0.29) is 35.7 Å². The van der Waals surface area contributed by atoms with Crippen molar-refractivity contribution in [3.05, 3.63) is 72.4 Å². The molecule has 2 saturated heterocycles. The van der Waals surface area contributed by atoms with Crippen molar-refractivity contribution in [1.29, 1.82) is 0 Å². The lowest BCUT2D eigenvalue weighted by atomic mass is 9.90. The Morgan fingerprint density at radius 3 is 2.12 bits per heavy atom. The Hall–Kier alpha value is -4.41. The van der Waals surface area contributed by atoms with E-state index in [0.717, 1.165) is 18.4 Å². The van der Waals surface area contributed by atoms with Gasteiger partial charge in [-0.15, -0.1) is 13.2 Å². The third-order valence-corrected chi connectivity index (χ3v) is 12.4. The first kappa shape index (κ1) is 42.2. The van der Waals surface area contributed by atoms with E-state index < -0.39 is 34.1 Å². The number of rotatable bonds is 11. The van der Waals surface area contributed by atoms with Gasteiger partial charge in [-0.3, -0.25) is 14.7 Å². The van der Waals surface area contributed by atoms with Gasteiger partial charge in [-0.25, -0.2) is 13.2 Å². The Kier molecular flexibility index (Phi) is 13.3. The SMILES string of the molecule is CC(C)(C)OC(=O)NC1CCN(C(=O)[C@@H]2CN(Cc3ccc(-c4ccc(OC(F)(F)F)cc4)nc3)CCN2S(=O)(=O)c2ccc(OCC3CCCCC3)cc2)CC1. The lowest BCUT2D eigenvalue weighted by molar-refractivity contribution is -0.274. The number of aromatic nitrogens is 1. The van der Waals surface area contributed by atoms with Gasteiger partial charge in [-0.1, -0.05) is 25.3 Å². The highest BCUT2D eigenvalue weighted by Gasteiger charge is 2.42. The molecule has 0 bridgehead atoms. The Morgan fingerprint density at radius 2 is 1.51 bits per heavy atom. The highest BCUT2D eigenvalue weighted by Crippen LogP contribution is 2.30. The highest BCUT2D eigenvalue weighted by atomic mass is 32.2. The van der Waals surface area contributed by atoms with Crippen LogP contribution in [0, 0.1) is 5.92 Å². The number of hydrogen-bond donors (Lipinski definition) is 1. The summed E-state index contributed by atoms with van der Waals surface area (Å²) in [6, 6.07) is 14.3. The standard InChI is InChI=1S/C41H52F3N5O7S/c1-40(2,3)56-39(51)46-32-19-21-48(22-20-32)38(50)37-27-47(26-30-9-18-36(45-25-30)31-10-12-34(13-11-31)55-41(42,43)44)23-24-49(37)57(52,53)35-16-14-33(15-17-35)54-28-29-7-5-4-6-8-29/h9-18,25,29,32,37H,4-8,19-24,26-28H2,1-3H3,(H,46,51)/t37-/m0/s1. The molecule has 12 nitrogen and oxygen atoms in total. The van der Waals surface area contributed by atoms with Gasteiger partial charge in [0.2, 0.25) is 15.9 Å². The van der Waals surface area contributed by atoms with Crippen molar-refractivity contribution in [3.8, 4) is 22.8 Å². The molecule has 3 fully saturated rings. The molecular weight excluding hydrogens is 764 g/mol. The number of nitrogens with one attached hydrogen (secondary N) is 1. The molecule has 0 spiro atoms. The van der Waals surface area contributed by atoms with Crippen LogP contribution in [0.2, 0.25) is 0 Å². The van der Waals surface area contributed by atoms with Crippen molar-refractivity contribution < 1.29 is 45.4 Å². The summed E-state index contributed by atoms with van der Waals surface area (Å²) in [7, 11) is -4.09. The van der Waals surface area contributed by atoms with Crippen molar-refractivity contribution in [2.75, 3.05) is 39.3 Å². The van der Waals surface area contributed by atoms with E-state index in [1.54, 1.807) is 50.1 Å². The number of piperidine rings is 1. The van der Waals surface area contributed by atoms with Crippen molar-refractivity contribution in [2.45, 2.75) is 101 Å². The molecular formula is C41H52F3N5O7S. The van der Waals surface area contributed by atoms with Crippen LogP contribution in [0.5, 0.6) is 11.5 Å². The number of piperazine rings is 1. The molecule has 6 rings (SSSR count). The number of alkyl carbamates (subject to hydrolysis) is 1. The largest absolute Gasteiger partial charge is 0.573 e. The van der Waals surface area contributed by atoms with Gasteiger partial charge < -0.3 is 24.4 Å². The molecule has 3 aromatic rings. The lowest BCUT2D eigenvalue weighted by Crippen LogP contribution is -2.61. The molecule has 1 aromatic heterocycles. The number of nitrogens with zero attached hydrogens (tertiary/aromatic N) is 4. The minimum Gasteiger partial charge on any atom is -0.493 e. The molecule has 2 aromatic carbocycles. The third-order valence-electron chi connectivity index (χ3n) is 10.5. The van der Waals surface area contributed by atoms with Gasteiger partial charge in [0.15, 0.2) is 0 Å². The van der Waals surface area contributed by atoms with Crippen LogP contribution in [0.4, 0.5) is 18.0 Å². The first-order valence-corrected chi connectivity index (χ1v) is 21.0. The van der Waals surface area contributed by atoms with Crippen LogP contribution in [0.1, 0.15) is 71.3 Å². The fourth-order valence-electron chi connectivity index (χ4n) is 7.57. The Labute approximate surface area is 332 Å². The van der Waals surface area contributed by atoms with Crippen LogP contribution < -0.4 is 14.8 Å². The quantitative estimate of drug-likeness (QED) is 0.218. The second-order valence-electron chi connectivity index (χ2n) is 16.0. The predicted octanol–water partition coefficient (Wildman–Crippen LogP) is 7.00. The van der Waals surface area contributed by atoms with Gasteiger partial charge in [0.1, 0.15) is 23.1 Å². The highest BCUT2D eigenvalue weighted by molar-refractivity contribution is 7.89. The van der Waals surface area contributed by atoms with E-state index in [0.29, 0.717) is 68.6 Å². The normalized spacial score (nSPS) is 19.5. The number of carbonyl (C=O) groups excluding carboxylic acids is 2. The monoisotopic (exact) mass is 815 g/mol. The number of pyridine rings is 1. The number of benzene rings is 2. The zero-order valence-electron chi connectivity index (χ0n) is 32.7. The second-order valence-corrected chi connectivity index (χ2v) is 17.9. The molecule has 1 atom stereocenters. The number of alkyl halides is 3. The van der Waals surface area contributed by atoms with Crippen LogP contribution in [-0.4, -0.2) is 103 Å². The zero-order valence-corrected chi connectivity index (χ0v) is 33.5. The summed E-state index contributed by atoms with van der Waals surface area (Å²) in [4.78, 5) is 35.0. The van der Waals surface area contributed by atoms with Crippen molar-refractivity contribution in [1.82, 2.24) is 24.4 Å². The van der Waals surface area contributed by atoms with Gasteiger partial charge in [-0.05, 0) is 113 Å². The van der Waals surface area contributed by atoms with Gasteiger partial charge in [-0.2, -0.15) is 4.31 Å². The minimum absolute atomic E-state index is 0.0766. The van der Waals surface area contributed by atoms with E-state index in [1.807, 2.05) is 11.0 Å². The van der Waals surface area contributed by atoms with Crippen LogP contribution in [0.3, 0.4) is 0 Å². The average molecular weight is 816 g/mol. The van der Waals surface area contributed by atoms with Crippen molar-refractivity contribution >= 4 is 22.0 Å². The molecule has 2 amide bonds. The van der Waals surface area contributed by atoms with E-state index in [2.05, 4.69) is 15.0 Å². The number of likely N-dealkylation sites (tertiary alicyclic amines) is 1. The summed E-state index contributed by atoms with van der Waals surface area (Å²) in [6.07, 6.45) is 3.27. The van der Waals surface area contributed by atoms with Gasteiger partial charge >= 0.3 is 12.5 Å². The summed E-state index contributed by atoms with van der Waals surface area (Å²) in [5.41, 5.74) is 1.33. The van der Waals surface area contributed by atoms with Gasteiger partial charge in [0, 0.05) is 57.1 Å². The van der Waals surface area contributed by atoms with E-state index in [4.69, 9.17) is 9.47 Å². The average Bonchev–Trinajstić information content (AvgIpc) is 3.17. The fraction of sp³-hybridized carbons (Fsp3) is 0.537. The van der Waals surface area contributed by atoms with Crippen LogP contribution in [0.25, 0.3) is 11.3 Å². The zero-order chi connectivity index (χ0) is 40.8. The number of amides is 2. The summed E-state index contributed by atoms with van der Waals surface area (Å²) >= 11 is 0. The Morgan fingerprint density at radius 1 is 0.842 bits per heavy atom. The van der Waals surface area contributed by atoms with Crippen LogP contribution in [0.15, 0.2) is 71.8 Å².